The molecule has 5 nitrogen and oxygen atoms in total. The van der Waals surface area contributed by atoms with Crippen LogP contribution in [0.3, 0.4) is 0 Å². The highest BCUT2D eigenvalue weighted by Gasteiger charge is 2.21. The molecule has 116 valence electrons. The summed E-state index contributed by atoms with van der Waals surface area (Å²) in [5, 5.41) is 3.52. The van der Waals surface area contributed by atoms with Crippen LogP contribution in [0.1, 0.15) is 25.5 Å². The summed E-state index contributed by atoms with van der Waals surface area (Å²) in [6.45, 7) is 4.11. The standard InChI is InChI=1S/C16H20BrN5/c1-2-13-8-16(20-11-19-13)22-7-3-4-14(10-22)21-15-6-5-12(17)9-18-15/h5-6,8-9,11,14H,2-4,7,10H2,1H3,(H,18,21). The van der Waals surface area contributed by atoms with Crippen molar-refractivity contribution in [2.45, 2.75) is 32.2 Å². The number of hydrogen-bond acceptors (Lipinski definition) is 5. The molecule has 1 saturated heterocycles. The van der Waals surface area contributed by atoms with Crippen molar-refractivity contribution >= 4 is 27.6 Å². The van der Waals surface area contributed by atoms with Crippen molar-refractivity contribution in [1.29, 1.82) is 0 Å². The van der Waals surface area contributed by atoms with Gasteiger partial charge in [-0.3, -0.25) is 0 Å². The predicted octanol–water partition coefficient (Wildman–Crippen LogP) is 3.28. The van der Waals surface area contributed by atoms with E-state index in [4.69, 9.17) is 0 Å². The van der Waals surface area contributed by atoms with Gasteiger partial charge in [-0.25, -0.2) is 15.0 Å². The fraction of sp³-hybridized carbons (Fsp3) is 0.438. The average Bonchev–Trinajstić information content (AvgIpc) is 2.57. The van der Waals surface area contributed by atoms with E-state index in [1.165, 1.54) is 0 Å². The number of anilines is 2. The van der Waals surface area contributed by atoms with Crippen molar-refractivity contribution in [3.8, 4) is 0 Å². The third-order valence-corrected chi connectivity index (χ3v) is 4.37. The van der Waals surface area contributed by atoms with E-state index < -0.39 is 0 Å². The Balaban J connectivity index is 1.67. The minimum absolute atomic E-state index is 0.391. The molecule has 1 aliphatic rings. The van der Waals surface area contributed by atoms with Gasteiger partial charge >= 0.3 is 0 Å². The van der Waals surface area contributed by atoms with Crippen LogP contribution in [0, 0.1) is 0 Å². The Kier molecular flexibility index (Phi) is 4.87. The monoisotopic (exact) mass is 361 g/mol. The minimum Gasteiger partial charge on any atom is -0.366 e. The molecule has 1 N–H and O–H groups in total. The van der Waals surface area contributed by atoms with Crippen molar-refractivity contribution in [2.75, 3.05) is 23.3 Å². The van der Waals surface area contributed by atoms with Gasteiger partial charge < -0.3 is 10.2 Å². The van der Waals surface area contributed by atoms with Gasteiger partial charge in [-0.05, 0) is 47.3 Å². The van der Waals surface area contributed by atoms with Gasteiger partial charge in [0.1, 0.15) is 18.0 Å². The van der Waals surface area contributed by atoms with Crippen molar-refractivity contribution in [3.63, 3.8) is 0 Å². The molecule has 1 fully saturated rings. The molecule has 0 spiro atoms. The molecule has 0 radical (unpaired) electrons. The summed E-state index contributed by atoms with van der Waals surface area (Å²) in [7, 11) is 0. The van der Waals surface area contributed by atoms with Crippen LogP contribution in [0.4, 0.5) is 11.6 Å². The number of aryl methyl sites for hydroxylation is 1. The van der Waals surface area contributed by atoms with Crippen molar-refractivity contribution in [1.82, 2.24) is 15.0 Å². The van der Waals surface area contributed by atoms with Gasteiger partial charge in [-0.15, -0.1) is 0 Å². The number of aromatic nitrogens is 3. The lowest BCUT2D eigenvalue weighted by molar-refractivity contribution is 0.525. The van der Waals surface area contributed by atoms with Crippen LogP contribution in [0.25, 0.3) is 0 Å². The third-order valence-electron chi connectivity index (χ3n) is 3.90. The van der Waals surface area contributed by atoms with E-state index in [0.29, 0.717) is 6.04 Å². The second kappa shape index (κ2) is 7.05. The molecular formula is C16H20BrN5. The van der Waals surface area contributed by atoms with Gasteiger partial charge in [-0.1, -0.05) is 6.92 Å². The first-order valence-electron chi connectivity index (χ1n) is 7.68. The Hall–Kier alpha value is -1.69. The molecule has 1 aliphatic heterocycles. The van der Waals surface area contributed by atoms with Crippen LogP contribution < -0.4 is 10.2 Å². The van der Waals surface area contributed by atoms with Crippen LogP contribution in [-0.4, -0.2) is 34.1 Å². The summed E-state index contributed by atoms with van der Waals surface area (Å²) in [5.41, 5.74) is 1.09. The van der Waals surface area contributed by atoms with Crippen LogP contribution in [0.15, 0.2) is 35.2 Å². The fourth-order valence-electron chi connectivity index (χ4n) is 2.73. The second-order valence-corrected chi connectivity index (χ2v) is 6.43. The summed E-state index contributed by atoms with van der Waals surface area (Å²) >= 11 is 3.41. The molecule has 0 aromatic carbocycles. The molecule has 0 saturated carbocycles. The SMILES string of the molecule is CCc1cc(N2CCCC(Nc3ccc(Br)cn3)C2)ncn1. The van der Waals surface area contributed by atoms with Crippen molar-refractivity contribution < 1.29 is 0 Å². The lowest BCUT2D eigenvalue weighted by Gasteiger charge is -2.34. The zero-order valence-electron chi connectivity index (χ0n) is 12.7. The summed E-state index contributed by atoms with van der Waals surface area (Å²) in [6.07, 6.45) is 6.73. The molecule has 0 aliphatic carbocycles. The quantitative estimate of drug-likeness (QED) is 0.905. The van der Waals surface area contributed by atoms with Crippen LogP contribution in [-0.2, 0) is 6.42 Å². The lowest BCUT2D eigenvalue weighted by Crippen LogP contribution is -2.42. The molecule has 1 atom stereocenters. The number of hydrogen-bond donors (Lipinski definition) is 1. The van der Waals surface area contributed by atoms with Gasteiger partial charge in [0.2, 0.25) is 0 Å². The Bertz CT molecular complexity index is 616. The molecule has 3 rings (SSSR count). The molecule has 6 heteroatoms. The maximum atomic E-state index is 4.43. The molecule has 22 heavy (non-hydrogen) atoms. The Labute approximate surface area is 139 Å². The zero-order chi connectivity index (χ0) is 15.4. The van der Waals surface area contributed by atoms with E-state index in [1.807, 2.05) is 18.3 Å². The summed E-state index contributed by atoms with van der Waals surface area (Å²) < 4.78 is 0.997. The smallest absolute Gasteiger partial charge is 0.132 e. The Morgan fingerprint density at radius 3 is 3.00 bits per heavy atom. The number of rotatable bonds is 4. The number of nitrogens with one attached hydrogen (secondary N) is 1. The van der Waals surface area contributed by atoms with E-state index >= 15 is 0 Å². The van der Waals surface area contributed by atoms with Crippen molar-refractivity contribution in [2.24, 2.45) is 0 Å². The molecule has 2 aromatic heterocycles. The largest absolute Gasteiger partial charge is 0.366 e. The van der Waals surface area contributed by atoms with Gasteiger partial charge in [0, 0.05) is 41.6 Å². The summed E-state index contributed by atoms with van der Waals surface area (Å²) in [4.78, 5) is 15.4. The first-order valence-corrected chi connectivity index (χ1v) is 8.48. The van der Waals surface area contributed by atoms with E-state index in [1.54, 1.807) is 6.33 Å². The average molecular weight is 362 g/mol. The maximum absolute atomic E-state index is 4.43. The normalized spacial score (nSPS) is 18.3. The van der Waals surface area contributed by atoms with Crippen LogP contribution in [0.5, 0.6) is 0 Å². The van der Waals surface area contributed by atoms with Crippen molar-refractivity contribution in [3.05, 3.63) is 40.9 Å². The number of pyridine rings is 1. The van der Waals surface area contributed by atoms with Gasteiger partial charge in [0.25, 0.3) is 0 Å². The highest BCUT2D eigenvalue weighted by molar-refractivity contribution is 9.10. The zero-order valence-corrected chi connectivity index (χ0v) is 14.3. The summed E-state index contributed by atoms with van der Waals surface area (Å²) in [6, 6.07) is 6.50. The Morgan fingerprint density at radius 1 is 1.32 bits per heavy atom. The highest BCUT2D eigenvalue weighted by atomic mass is 79.9. The van der Waals surface area contributed by atoms with E-state index in [9.17, 15) is 0 Å². The lowest BCUT2D eigenvalue weighted by atomic mass is 10.1. The van der Waals surface area contributed by atoms with E-state index in [0.717, 1.165) is 54.2 Å². The molecule has 2 aromatic rings. The Morgan fingerprint density at radius 2 is 2.23 bits per heavy atom. The number of piperidine rings is 1. The van der Waals surface area contributed by atoms with Crippen LogP contribution >= 0.6 is 15.9 Å². The third kappa shape index (κ3) is 3.74. The molecule has 1 unspecified atom stereocenters. The van der Waals surface area contributed by atoms with Gasteiger partial charge in [-0.2, -0.15) is 0 Å². The van der Waals surface area contributed by atoms with Gasteiger partial charge in [0.05, 0.1) is 0 Å². The molecular weight excluding hydrogens is 342 g/mol. The molecule has 0 amide bonds. The van der Waals surface area contributed by atoms with Crippen LogP contribution in [0.2, 0.25) is 0 Å². The fourth-order valence-corrected chi connectivity index (χ4v) is 2.96. The molecule has 3 heterocycles. The van der Waals surface area contributed by atoms with E-state index in [2.05, 4.69) is 54.1 Å². The highest BCUT2D eigenvalue weighted by Crippen LogP contribution is 2.20. The number of nitrogens with zero attached hydrogens (tertiary/aromatic N) is 4. The van der Waals surface area contributed by atoms with E-state index in [-0.39, 0.29) is 0 Å². The minimum atomic E-state index is 0.391. The second-order valence-electron chi connectivity index (χ2n) is 5.51. The predicted molar refractivity (Wildman–Crippen MR) is 92.2 cm³/mol. The summed E-state index contributed by atoms with van der Waals surface area (Å²) in [5.74, 6) is 1.95. The first kappa shape index (κ1) is 15.2. The first-order chi connectivity index (χ1) is 10.7. The number of halogens is 1. The maximum Gasteiger partial charge on any atom is 0.132 e. The molecule has 0 bridgehead atoms. The van der Waals surface area contributed by atoms with Gasteiger partial charge in [0.15, 0.2) is 0 Å². The topological polar surface area (TPSA) is 53.9 Å².